The summed E-state index contributed by atoms with van der Waals surface area (Å²) in [5.74, 6) is 2.03. The summed E-state index contributed by atoms with van der Waals surface area (Å²) in [6.45, 7) is 4.66. The van der Waals surface area contributed by atoms with Gasteiger partial charge in [-0.25, -0.2) is 8.42 Å². The number of likely N-dealkylation sites (tertiary alicyclic amines) is 1. The smallest absolute Gasteiger partial charge is 0.151 e. The Morgan fingerprint density at radius 3 is 2.75 bits per heavy atom. The summed E-state index contributed by atoms with van der Waals surface area (Å²) in [4.78, 5) is 2.25. The average Bonchev–Trinajstić information content (AvgIpc) is 2.64. The van der Waals surface area contributed by atoms with Gasteiger partial charge in [0.2, 0.25) is 0 Å². The largest absolute Gasteiger partial charge is 0.302 e. The zero-order valence-corrected chi connectivity index (χ0v) is 11.6. The summed E-state index contributed by atoms with van der Waals surface area (Å²) in [6.07, 6.45) is 2.94. The molecule has 0 aromatic rings. The lowest BCUT2D eigenvalue weighted by molar-refractivity contribution is 0.341. The summed E-state index contributed by atoms with van der Waals surface area (Å²) in [5.41, 5.74) is 0. The van der Waals surface area contributed by atoms with Crippen LogP contribution in [0.1, 0.15) is 26.2 Å². The van der Waals surface area contributed by atoms with E-state index in [1.54, 1.807) is 0 Å². The molecule has 1 fully saturated rings. The van der Waals surface area contributed by atoms with E-state index in [0.29, 0.717) is 29.8 Å². The minimum absolute atomic E-state index is 0.314. The molecule has 0 saturated carbocycles. The molecular weight excluding hydrogens is 246 g/mol. The summed E-state index contributed by atoms with van der Waals surface area (Å²) in [7, 11) is -2.82. The van der Waals surface area contributed by atoms with Crippen LogP contribution in [0.25, 0.3) is 0 Å². The van der Waals surface area contributed by atoms with Crippen LogP contribution in [-0.4, -0.2) is 50.3 Å². The van der Waals surface area contributed by atoms with E-state index in [0.717, 1.165) is 25.9 Å². The molecule has 1 heterocycles. The predicted molar refractivity (Wildman–Crippen MR) is 68.8 cm³/mol. The van der Waals surface area contributed by atoms with Gasteiger partial charge in [0.1, 0.15) is 0 Å². The van der Waals surface area contributed by atoms with Gasteiger partial charge in [-0.3, -0.25) is 0 Å². The maximum Gasteiger partial charge on any atom is 0.151 e. The van der Waals surface area contributed by atoms with Crippen molar-refractivity contribution in [1.82, 2.24) is 4.90 Å². The lowest BCUT2D eigenvalue weighted by atomic mass is 10.1. The molecule has 5 heteroatoms. The molecule has 0 aromatic carbocycles. The third kappa shape index (κ3) is 5.02. The van der Waals surface area contributed by atoms with Crippen LogP contribution in [0.4, 0.5) is 0 Å². The Kier molecular flexibility index (Phi) is 6.08. The van der Waals surface area contributed by atoms with Crippen molar-refractivity contribution in [1.29, 1.82) is 0 Å². The van der Waals surface area contributed by atoms with Gasteiger partial charge in [0.15, 0.2) is 9.84 Å². The van der Waals surface area contributed by atoms with Gasteiger partial charge >= 0.3 is 0 Å². The van der Waals surface area contributed by atoms with Crippen molar-refractivity contribution in [2.24, 2.45) is 5.92 Å². The maximum absolute atomic E-state index is 11.5. The van der Waals surface area contributed by atoms with Gasteiger partial charge < -0.3 is 4.90 Å². The third-order valence-electron chi connectivity index (χ3n) is 3.12. The first-order chi connectivity index (χ1) is 7.57. The number of rotatable bonds is 7. The quantitative estimate of drug-likeness (QED) is 0.660. The summed E-state index contributed by atoms with van der Waals surface area (Å²) in [5, 5.41) is 0. The van der Waals surface area contributed by atoms with Crippen LogP contribution >= 0.6 is 11.6 Å². The molecule has 3 nitrogen and oxygen atoms in total. The second-order valence-corrected chi connectivity index (χ2v) is 7.27. The Bertz CT molecular complexity index is 292. The normalized spacial score (nSPS) is 22.8. The summed E-state index contributed by atoms with van der Waals surface area (Å²) >= 11 is 5.71. The Hall–Kier alpha value is 0.200. The van der Waals surface area contributed by atoms with Crippen LogP contribution in [0.5, 0.6) is 0 Å². The Balaban J connectivity index is 2.25. The van der Waals surface area contributed by atoms with Gasteiger partial charge in [-0.1, -0.05) is 6.92 Å². The van der Waals surface area contributed by atoms with Crippen molar-refractivity contribution in [3.8, 4) is 0 Å². The zero-order valence-electron chi connectivity index (χ0n) is 9.99. The zero-order chi connectivity index (χ0) is 12.0. The van der Waals surface area contributed by atoms with Gasteiger partial charge in [0.25, 0.3) is 0 Å². The SMILES string of the molecule is CCCS(=O)(=O)CCN1CCC(CCCl)C1. The number of nitrogens with zero attached hydrogens (tertiary/aromatic N) is 1. The van der Waals surface area contributed by atoms with Crippen LogP contribution in [-0.2, 0) is 9.84 Å². The standard InChI is InChI=1S/C11H22ClNO2S/c1-2-8-16(14,15)9-7-13-6-4-11(10-13)3-5-12/h11H,2-10H2,1H3. The van der Waals surface area contributed by atoms with Crippen molar-refractivity contribution in [3.63, 3.8) is 0 Å². The molecule has 1 atom stereocenters. The van der Waals surface area contributed by atoms with Gasteiger partial charge in [-0.05, 0) is 31.7 Å². The first-order valence-corrected chi connectivity index (χ1v) is 8.41. The van der Waals surface area contributed by atoms with E-state index in [1.165, 1.54) is 6.42 Å². The van der Waals surface area contributed by atoms with E-state index in [-0.39, 0.29) is 0 Å². The maximum atomic E-state index is 11.5. The predicted octanol–water partition coefficient (Wildman–Crippen LogP) is 1.76. The molecule has 0 aromatic heterocycles. The highest BCUT2D eigenvalue weighted by atomic mass is 35.5. The fourth-order valence-corrected chi connectivity index (χ4v) is 3.86. The fourth-order valence-electron chi connectivity index (χ4n) is 2.19. The number of sulfone groups is 1. The third-order valence-corrected chi connectivity index (χ3v) is 5.17. The Morgan fingerprint density at radius 2 is 2.12 bits per heavy atom. The van der Waals surface area contributed by atoms with Gasteiger partial charge in [-0.2, -0.15) is 0 Å². The lowest BCUT2D eigenvalue weighted by Crippen LogP contribution is -2.28. The lowest BCUT2D eigenvalue weighted by Gasteiger charge is -2.15. The van der Waals surface area contributed by atoms with Crippen LogP contribution in [0, 0.1) is 5.92 Å². The van der Waals surface area contributed by atoms with Crippen LogP contribution in [0.3, 0.4) is 0 Å². The first-order valence-electron chi connectivity index (χ1n) is 6.06. The van der Waals surface area contributed by atoms with Crippen molar-refractivity contribution in [2.75, 3.05) is 37.0 Å². The molecule has 0 amide bonds. The molecule has 1 aliphatic rings. The van der Waals surface area contributed by atoms with Crippen molar-refractivity contribution in [3.05, 3.63) is 0 Å². The number of hydrogen-bond acceptors (Lipinski definition) is 3. The van der Waals surface area contributed by atoms with E-state index < -0.39 is 9.84 Å². The van der Waals surface area contributed by atoms with Crippen LogP contribution in [0.15, 0.2) is 0 Å². The van der Waals surface area contributed by atoms with E-state index in [4.69, 9.17) is 11.6 Å². The molecule has 1 saturated heterocycles. The highest BCUT2D eigenvalue weighted by Gasteiger charge is 2.22. The second kappa shape index (κ2) is 6.82. The number of halogens is 1. The topological polar surface area (TPSA) is 37.4 Å². The first kappa shape index (κ1) is 14.3. The van der Waals surface area contributed by atoms with Gasteiger partial charge in [0.05, 0.1) is 5.75 Å². The van der Waals surface area contributed by atoms with Gasteiger partial charge in [-0.15, -0.1) is 11.6 Å². The van der Waals surface area contributed by atoms with Crippen molar-refractivity contribution < 1.29 is 8.42 Å². The minimum Gasteiger partial charge on any atom is -0.302 e. The minimum atomic E-state index is -2.82. The second-order valence-electron chi connectivity index (χ2n) is 4.58. The molecule has 1 rings (SSSR count). The summed E-state index contributed by atoms with van der Waals surface area (Å²) in [6, 6.07) is 0. The average molecular weight is 268 g/mol. The monoisotopic (exact) mass is 267 g/mol. The van der Waals surface area contributed by atoms with E-state index in [1.807, 2.05) is 6.92 Å². The highest BCUT2D eigenvalue weighted by Crippen LogP contribution is 2.19. The molecule has 0 spiro atoms. The molecule has 1 unspecified atom stereocenters. The molecule has 0 bridgehead atoms. The number of alkyl halides is 1. The molecule has 0 N–H and O–H groups in total. The van der Waals surface area contributed by atoms with E-state index in [9.17, 15) is 8.42 Å². The van der Waals surface area contributed by atoms with Crippen molar-refractivity contribution >= 4 is 21.4 Å². The van der Waals surface area contributed by atoms with Crippen LogP contribution < -0.4 is 0 Å². The Labute approximate surface area is 104 Å². The van der Waals surface area contributed by atoms with E-state index >= 15 is 0 Å². The molecule has 16 heavy (non-hydrogen) atoms. The summed E-state index contributed by atoms with van der Waals surface area (Å²) < 4.78 is 23.1. The molecule has 96 valence electrons. The van der Waals surface area contributed by atoms with Gasteiger partial charge in [0, 0.05) is 24.7 Å². The highest BCUT2D eigenvalue weighted by molar-refractivity contribution is 7.91. The molecule has 0 aliphatic carbocycles. The van der Waals surface area contributed by atoms with E-state index in [2.05, 4.69) is 4.90 Å². The fraction of sp³-hybridized carbons (Fsp3) is 1.00. The van der Waals surface area contributed by atoms with Crippen LogP contribution in [0.2, 0.25) is 0 Å². The molecule has 0 radical (unpaired) electrons. The molecular formula is C11H22ClNO2S. The molecule has 1 aliphatic heterocycles. The van der Waals surface area contributed by atoms with Crippen molar-refractivity contribution in [2.45, 2.75) is 26.2 Å². The number of hydrogen-bond donors (Lipinski definition) is 0. The Morgan fingerprint density at radius 1 is 1.38 bits per heavy atom.